The molecule has 1 aromatic heterocycles. The largest absolute Gasteiger partial charge is 0.368 e. The highest BCUT2D eigenvalue weighted by atomic mass is 35.5. The summed E-state index contributed by atoms with van der Waals surface area (Å²) in [5, 5.41) is 3.84. The van der Waals surface area contributed by atoms with Crippen molar-refractivity contribution >= 4 is 34.7 Å². The predicted molar refractivity (Wildman–Crippen MR) is 112 cm³/mol. The first-order chi connectivity index (χ1) is 13.6. The quantitative estimate of drug-likeness (QED) is 0.694. The summed E-state index contributed by atoms with van der Waals surface area (Å²) in [6, 6.07) is 16.2. The van der Waals surface area contributed by atoms with Crippen LogP contribution in [0, 0.1) is 12.7 Å². The molecule has 1 saturated heterocycles. The number of anilines is 4. The van der Waals surface area contributed by atoms with Crippen molar-refractivity contribution in [2.75, 3.05) is 41.3 Å². The van der Waals surface area contributed by atoms with Crippen LogP contribution in [0.5, 0.6) is 0 Å². The summed E-state index contributed by atoms with van der Waals surface area (Å²) in [6.07, 6.45) is 0. The van der Waals surface area contributed by atoms with Crippen LogP contribution < -0.4 is 15.1 Å². The Hall–Kier alpha value is -2.86. The molecule has 3 aromatic rings. The lowest BCUT2D eigenvalue weighted by Crippen LogP contribution is -2.46. The van der Waals surface area contributed by atoms with Gasteiger partial charge in [-0.3, -0.25) is 0 Å². The molecule has 2 aromatic carbocycles. The van der Waals surface area contributed by atoms with Gasteiger partial charge in [-0.1, -0.05) is 23.7 Å². The Balaban J connectivity index is 1.47. The third-order valence-electron chi connectivity index (χ3n) is 4.70. The van der Waals surface area contributed by atoms with E-state index in [4.69, 9.17) is 11.6 Å². The van der Waals surface area contributed by atoms with Crippen LogP contribution in [0.2, 0.25) is 5.02 Å². The average molecular weight is 398 g/mol. The Labute approximate surface area is 168 Å². The topological polar surface area (TPSA) is 44.3 Å². The van der Waals surface area contributed by atoms with Gasteiger partial charge in [0, 0.05) is 54.3 Å². The van der Waals surface area contributed by atoms with E-state index in [0.29, 0.717) is 11.6 Å². The number of nitrogens with one attached hydrogen (secondary N) is 1. The number of nitrogens with zero attached hydrogens (tertiary/aromatic N) is 4. The molecule has 0 radical (unpaired) electrons. The van der Waals surface area contributed by atoms with E-state index in [9.17, 15) is 4.39 Å². The Morgan fingerprint density at radius 3 is 2.43 bits per heavy atom. The molecule has 0 unspecified atom stereocenters. The maximum absolute atomic E-state index is 13.4. The molecule has 1 N–H and O–H groups in total. The normalized spacial score (nSPS) is 14.2. The number of hydrogen-bond donors (Lipinski definition) is 1. The highest BCUT2D eigenvalue weighted by Crippen LogP contribution is 2.24. The minimum absolute atomic E-state index is 0.296. The molecule has 0 saturated carbocycles. The van der Waals surface area contributed by atoms with E-state index in [2.05, 4.69) is 31.2 Å². The fourth-order valence-electron chi connectivity index (χ4n) is 3.33. The molecule has 1 fully saturated rings. The standard InChI is InChI=1S/C21H21ClFN5/c1-15-12-20(26-21(24-15)25-18-6-3-5-17(23)14-18)28-10-8-27(9-11-28)19-7-2-4-16(22)13-19/h2-7,12-14H,8-11H2,1H3,(H,24,25,26). The summed E-state index contributed by atoms with van der Waals surface area (Å²) in [4.78, 5) is 13.6. The summed E-state index contributed by atoms with van der Waals surface area (Å²) < 4.78 is 13.4. The first kappa shape index (κ1) is 18.5. The molecule has 1 aliphatic heterocycles. The minimum Gasteiger partial charge on any atom is -0.368 e. The van der Waals surface area contributed by atoms with Crippen LogP contribution in [0.15, 0.2) is 54.6 Å². The van der Waals surface area contributed by atoms with Gasteiger partial charge in [-0.15, -0.1) is 0 Å². The fourth-order valence-corrected chi connectivity index (χ4v) is 3.52. The maximum atomic E-state index is 13.4. The zero-order valence-corrected chi connectivity index (χ0v) is 16.3. The van der Waals surface area contributed by atoms with Crippen molar-refractivity contribution in [3.63, 3.8) is 0 Å². The number of aryl methyl sites for hydroxylation is 1. The number of aromatic nitrogens is 2. The van der Waals surface area contributed by atoms with Crippen LogP contribution in [0.3, 0.4) is 0 Å². The van der Waals surface area contributed by atoms with E-state index >= 15 is 0 Å². The molecular formula is C21H21ClFN5. The van der Waals surface area contributed by atoms with Gasteiger partial charge < -0.3 is 15.1 Å². The summed E-state index contributed by atoms with van der Waals surface area (Å²) in [7, 11) is 0. The summed E-state index contributed by atoms with van der Waals surface area (Å²) in [6.45, 7) is 5.40. The highest BCUT2D eigenvalue weighted by Gasteiger charge is 2.19. The number of benzene rings is 2. The van der Waals surface area contributed by atoms with Crippen molar-refractivity contribution in [1.82, 2.24) is 9.97 Å². The van der Waals surface area contributed by atoms with Gasteiger partial charge in [0.05, 0.1) is 0 Å². The van der Waals surface area contributed by atoms with Crippen molar-refractivity contribution < 1.29 is 4.39 Å². The van der Waals surface area contributed by atoms with E-state index in [-0.39, 0.29) is 5.82 Å². The number of piperazine rings is 1. The Morgan fingerprint density at radius 2 is 1.68 bits per heavy atom. The molecule has 2 heterocycles. The highest BCUT2D eigenvalue weighted by molar-refractivity contribution is 6.30. The van der Waals surface area contributed by atoms with Gasteiger partial charge in [-0.2, -0.15) is 4.98 Å². The Kier molecular flexibility index (Phi) is 5.30. The molecule has 0 aliphatic carbocycles. The molecule has 28 heavy (non-hydrogen) atoms. The van der Waals surface area contributed by atoms with Gasteiger partial charge in [0.1, 0.15) is 11.6 Å². The molecule has 144 valence electrons. The van der Waals surface area contributed by atoms with Crippen molar-refractivity contribution in [3.05, 3.63) is 71.1 Å². The van der Waals surface area contributed by atoms with E-state index in [0.717, 1.165) is 48.4 Å². The number of halogens is 2. The number of hydrogen-bond acceptors (Lipinski definition) is 5. The molecule has 7 heteroatoms. The maximum Gasteiger partial charge on any atom is 0.229 e. The van der Waals surface area contributed by atoms with Crippen molar-refractivity contribution in [2.45, 2.75) is 6.92 Å². The van der Waals surface area contributed by atoms with Crippen LogP contribution in [-0.2, 0) is 0 Å². The van der Waals surface area contributed by atoms with Gasteiger partial charge in [0.25, 0.3) is 0 Å². The average Bonchev–Trinajstić information content (AvgIpc) is 2.68. The van der Waals surface area contributed by atoms with Crippen LogP contribution in [0.25, 0.3) is 0 Å². The van der Waals surface area contributed by atoms with E-state index < -0.39 is 0 Å². The summed E-state index contributed by atoms with van der Waals surface area (Å²) >= 11 is 6.12. The second kappa shape index (κ2) is 8.02. The van der Waals surface area contributed by atoms with E-state index in [1.54, 1.807) is 12.1 Å². The molecule has 0 atom stereocenters. The van der Waals surface area contributed by atoms with Crippen LogP contribution >= 0.6 is 11.6 Å². The van der Waals surface area contributed by atoms with Crippen molar-refractivity contribution in [3.8, 4) is 0 Å². The van der Waals surface area contributed by atoms with Gasteiger partial charge in [-0.05, 0) is 43.3 Å². The lowest BCUT2D eigenvalue weighted by atomic mass is 10.2. The fraction of sp³-hybridized carbons (Fsp3) is 0.238. The molecule has 1 aliphatic rings. The van der Waals surface area contributed by atoms with Crippen LogP contribution in [0.4, 0.5) is 27.5 Å². The van der Waals surface area contributed by atoms with Crippen LogP contribution in [-0.4, -0.2) is 36.1 Å². The number of rotatable bonds is 4. The van der Waals surface area contributed by atoms with Crippen LogP contribution in [0.1, 0.15) is 5.69 Å². The van der Waals surface area contributed by atoms with Gasteiger partial charge in [-0.25, -0.2) is 9.37 Å². The SMILES string of the molecule is Cc1cc(N2CCN(c3cccc(Cl)c3)CC2)nc(Nc2cccc(F)c2)n1. The lowest BCUT2D eigenvalue weighted by molar-refractivity contribution is 0.628. The second-order valence-corrected chi connectivity index (χ2v) is 7.22. The monoisotopic (exact) mass is 397 g/mol. The first-order valence-corrected chi connectivity index (χ1v) is 9.58. The molecule has 0 amide bonds. The Morgan fingerprint density at radius 1 is 0.929 bits per heavy atom. The van der Waals surface area contributed by atoms with Gasteiger partial charge >= 0.3 is 0 Å². The van der Waals surface area contributed by atoms with Gasteiger partial charge in [0.15, 0.2) is 0 Å². The summed E-state index contributed by atoms with van der Waals surface area (Å²) in [5.74, 6) is 1.05. The third kappa shape index (κ3) is 4.34. The van der Waals surface area contributed by atoms with E-state index in [1.807, 2.05) is 31.2 Å². The molecule has 0 spiro atoms. The van der Waals surface area contributed by atoms with Crippen molar-refractivity contribution in [1.29, 1.82) is 0 Å². The van der Waals surface area contributed by atoms with Gasteiger partial charge in [0.2, 0.25) is 5.95 Å². The smallest absolute Gasteiger partial charge is 0.229 e. The lowest BCUT2D eigenvalue weighted by Gasteiger charge is -2.37. The minimum atomic E-state index is -0.296. The molecule has 5 nitrogen and oxygen atoms in total. The first-order valence-electron chi connectivity index (χ1n) is 9.20. The zero-order valence-electron chi connectivity index (χ0n) is 15.6. The van der Waals surface area contributed by atoms with E-state index in [1.165, 1.54) is 12.1 Å². The summed E-state index contributed by atoms with van der Waals surface area (Å²) in [5.41, 5.74) is 2.63. The molecule has 0 bridgehead atoms. The second-order valence-electron chi connectivity index (χ2n) is 6.78. The Bertz CT molecular complexity index is 973. The molecular weight excluding hydrogens is 377 g/mol. The molecule has 4 rings (SSSR count). The zero-order chi connectivity index (χ0) is 19.5. The predicted octanol–water partition coefficient (Wildman–Crippen LogP) is 4.65. The third-order valence-corrected chi connectivity index (χ3v) is 4.93. The van der Waals surface area contributed by atoms with Crippen molar-refractivity contribution in [2.24, 2.45) is 0 Å².